The Labute approximate surface area is 283 Å². The van der Waals surface area contributed by atoms with Crippen LogP contribution in [0.15, 0.2) is 150 Å². The predicted octanol–water partition coefficient (Wildman–Crippen LogP) is 13.3. The van der Waals surface area contributed by atoms with E-state index in [0.29, 0.717) is 0 Å². The molecule has 0 radical (unpaired) electrons. The lowest BCUT2D eigenvalue weighted by Gasteiger charge is -2.25. The Bertz CT molecular complexity index is 2880. The summed E-state index contributed by atoms with van der Waals surface area (Å²) < 4.78 is 12.8. The van der Waals surface area contributed by atoms with E-state index in [9.17, 15) is 0 Å². The van der Waals surface area contributed by atoms with E-state index in [-0.39, 0.29) is 5.41 Å². The maximum atomic E-state index is 6.42. The molecule has 1 aliphatic heterocycles. The van der Waals surface area contributed by atoms with Crippen LogP contribution in [-0.2, 0) is 5.41 Å². The van der Waals surface area contributed by atoms with E-state index in [2.05, 4.69) is 147 Å². The zero-order valence-corrected chi connectivity index (χ0v) is 27.2. The van der Waals surface area contributed by atoms with Gasteiger partial charge in [-0.3, -0.25) is 0 Å². The second-order valence-corrected chi connectivity index (χ2v) is 14.1. The average molecular weight is 627 g/mol. The van der Waals surface area contributed by atoms with Crippen molar-refractivity contribution in [3.8, 4) is 56.0 Å². The zero-order chi connectivity index (χ0) is 32.4. The number of furan rings is 1. The number of ether oxygens (including phenoxy) is 1. The van der Waals surface area contributed by atoms with Crippen molar-refractivity contribution in [2.75, 3.05) is 0 Å². The highest BCUT2D eigenvalue weighted by molar-refractivity contribution is 6.09. The summed E-state index contributed by atoms with van der Waals surface area (Å²) in [5.74, 6) is 1.83. The van der Waals surface area contributed by atoms with Gasteiger partial charge in [-0.2, -0.15) is 0 Å². The monoisotopic (exact) mass is 626 g/mol. The Morgan fingerprint density at radius 1 is 0.449 bits per heavy atom. The van der Waals surface area contributed by atoms with Crippen LogP contribution in [0.1, 0.15) is 25.0 Å². The Hall–Kier alpha value is -6.12. The first kappa shape index (κ1) is 26.9. The number of benzene rings is 8. The summed E-state index contributed by atoms with van der Waals surface area (Å²) in [6.45, 7) is 4.77. The third-order valence-corrected chi connectivity index (χ3v) is 11.0. The highest BCUT2D eigenvalue weighted by Crippen LogP contribution is 2.56. The van der Waals surface area contributed by atoms with Crippen molar-refractivity contribution in [1.82, 2.24) is 0 Å². The number of para-hydroxylation sites is 1. The van der Waals surface area contributed by atoms with Gasteiger partial charge in [-0.1, -0.05) is 111 Å². The lowest BCUT2D eigenvalue weighted by atomic mass is 9.78. The van der Waals surface area contributed by atoms with Crippen LogP contribution in [0.3, 0.4) is 0 Å². The molecule has 49 heavy (non-hydrogen) atoms. The highest BCUT2D eigenvalue weighted by Gasteiger charge is 2.39. The molecule has 0 unspecified atom stereocenters. The fraction of sp³-hybridized carbons (Fsp3) is 0.0638. The van der Waals surface area contributed by atoms with Gasteiger partial charge in [0.1, 0.15) is 22.7 Å². The third-order valence-electron chi connectivity index (χ3n) is 11.0. The van der Waals surface area contributed by atoms with Crippen molar-refractivity contribution in [2.24, 2.45) is 0 Å². The normalized spacial score (nSPS) is 13.8. The van der Waals surface area contributed by atoms with Gasteiger partial charge in [-0.05, 0) is 115 Å². The summed E-state index contributed by atoms with van der Waals surface area (Å²) in [7, 11) is 0. The van der Waals surface area contributed by atoms with Crippen LogP contribution in [0, 0.1) is 0 Å². The summed E-state index contributed by atoms with van der Waals surface area (Å²) in [6, 6.07) is 52.8. The minimum Gasteiger partial charge on any atom is -0.456 e. The minimum atomic E-state index is -0.207. The molecule has 0 saturated carbocycles. The molecule has 11 rings (SSSR count). The SMILES string of the molecule is CC1(C)c2cc(-c3ccc4c(c3)-c3cccc5cccc(c35)O4)ccc2-c2c(-c3ccc4c(c3)oc3ccccc34)cc3ccccc3c21. The molecular formula is C47H30O2. The first-order chi connectivity index (χ1) is 24.0. The summed E-state index contributed by atoms with van der Waals surface area (Å²) in [5.41, 5.74) is 14.2. The smallest absolute Gasteiger partial charge is 0.136 e. The largest absolute Gasteiger partial charge is 0.456 e. The van der Waals surface area contributed by atoms with Crippen LogP contribution >= 0.6 is 0 Å². The second kappa shape index (κ2) is 9.49. The molecule has 8 aromatic carbocycles. The summed E-state index contributed by atoms with van der Waals surface area (Å²) in [6.07, 6.45) is 0. The van der Waals surface area contributed by atoms with Crippen molar-refractivity contribution in [3.05, 3.63) is 157 Å². The van der Waals surface area contributed by atoms with Gasteiger partial charge in [0.25, 0.3) is 0 Å². The molecule has 9 aromatic rings. The van der Waals surface area contributed by atoms with Gasteiger partial charge in [-0.15, -0.1) is 0 Å². The molecule has 230 valence electrons. The Balaban J connectivity index is 1.10. The summed E-state index contributed by atoms with van der Waals surface area (Å²) in [5, 5.41) is 7.25. The fourth-order valence-electron chi connectivity index (χ4n) is 8.73. The first-order valence-corrected chi connectivity index (χ1v) is 17.0. The maximum absolute atomic E-state index is 6.42. The molecule has 0 fully saturated rings. The van der Waals surface area contributed by atoms with Crippen LogP contribution < -0.4 is 4.74 Å². The second-order valence-electron chi connectivity index (χ2n) is 14.1. The van der Waals surface area contributed by atoms with Crippen molar-refractivity contribution in [2.45, 2.75) is 19.3 Å². The molecule has 0 atom stereocenters. The maximum Gasteiger partial charge on any atom is 0.136 e. The first-order valence-electron chi connectivity index (χ1n) is 17.0. The Kier molecular flexibility index (Phi) is 5.21. The van der Waals surface area contributed by atoms with Crippen molar-refractivity contribution in [1.29, 1.82) is 0 Å². The van der Waals surface area contributed by atoms with Crippen molar-refractivity contribution >= 4 is 43.5 Å². The average Bonchev–Trinajstić information content (AvgIpc) is 3.63. The van der Waals surface area contributed by atoms with Gasteiger partial charge < -0.3 is 9.15 Å². The zero-order valence-electron chi connectivity index (χ0n) is 27.2. The molecule has 0 amide bonds. The van der Waals surface area contributed by atoms with E-state index in [4.69, 9.17) is 9.15 Å². The topological polar surface area (TPSA) is 22.4 Å². The van der Waals surface area contributed by atoms with Crippen molar-refractivity contribution in [3.63, 3.8) is 0 Å². The van der Waals surface area contributed by atoms with E-state index in [1.165, 1.54) is 71.6 Å². The number of rotatable bonds is 2. The molecule has 2 heterocycles. The van der Waals surface area contributed by atoms with Gasteiger partial charge in [0, 0.05) is 27.1 Å². The summed E-state index contributed by atoms with van der Waals surface area (Å²) >= 11 is 0. The van der Waals surface area contributed by atoms with Crippen LogP contribution in [0.4, 0.5) is 0 Å². The number of hydrogen-bond acceptors (Lipinski definition) is 2. The summed E-state index contributed by atoms with van der Waals surface area (Å²) in [4.78, 5) is 0. The Morgan fingerprint density at radius 2 is 1.18 bits per heavy atom. The fourth-order valence-corrected chi connectivity index (χ4v) is 8.73. The van der Waals surface area contributed by atoms with E-state index in [0.717, 1.165) is 39.0 Å². The molecule has 2 nitrogen and oxygen atoms in total. The molecule has 1 aliphatic carbocycles. The molecule has 0 saturated heterocycles. The molecular weight excluding hydrogens is 597 g/mol. The van der Waals surface area contributed by atoms with Gasteiger partial charge in [0.05, 0.1) is 0 Å². The number of hydrogen-bond donors (Lipinski definition) is 0. The van der Waals surface area contributed by atoms with Crippen LogP contribution in [-0.4, -0.2) is 0 Å². The van der Waals surface area contributed by atoms with Gasteiger partial charge in [0.2, 0.25) is 0 Å². The standard InChI is InChI=1S/C47H30O2/c1-47(2)39-25-29(28-19-22-41-38(23-28)35-14-7-10-27-11-8-16-42(48-41)44(27)35)17-21-36(39)45-37(24-30-9-3-4-12-32(30)46(45)47)31-18-20-34-33-13-5-6-15-40(33)49-43(34)26-31/h3-26H,1-2H3. The molecule has 0 bridgehead atoms. The quantitative estimate of drug-likeness (QED) is 0.190. The van der Waals surface area contributed by atoms with Crippen LogP contribution in [0.2, 0.25) is 0 Å². The molecule has 0 N–H and O–H groups in total. The minimum absolute atomic E-state index is 0.207. The lowest BCUT2D eigenvalue weighted by Crippen LogP contribution is -2.15. The highest BCUT2D eigenvalue weighted by atomic mass is 16.5. The van der Waals surface area contributed by atoms with Crippen molar-refractivity contribution < 1.29 is 9.15 Å². The predicted molar refractivity (Wildman–Crippen MR) is 203 cm³/mol. The molecule has 0 spiro atoms. The van der Waals surface area contributed by atoms with Gasteiger partial charge >= 0.3 is 0 Å². The molecule has 1 aromatic heterocycles. The third kappa shape index (κ3) is 3.66. The molecule has 2 heteroatoms. The van der Waals surface area contributed by atoms with Crippen LogP contribution in [0.25, 0.3) is 88.0 Å². The van der Waals surface area contributed by atoms with E-state index in [1.54, 1.807) is 0 Å². The van der Waals surface area contributed by atoms with E-state index < -0.39 is 0 Å². The van der Waals surface area contributed by atoms with E-state index in [1.807, 2.05) is 12.1 Å². The Morgan fingerprint density at radius 3 is 2.10 bits per heavy atom. The van der Waals surface area contributed by atoms with Crippen LogP contribution in [0.5, 0.6) is 11.5 Å². The lowest BCUT2D eigenvalue weighted by molar-refractivity contribution is 0.487. The van der Waals surface area contributed by atoms with Gasteiger partial charge in [-0.25, -0.2) is 0 Å². The van der Waals surface area contributed by atoms with Gasteiger partial charge in [0.15, 0.2) is 0 Å². The number of fused-ring (bicyclic) bond motifs is 10. The molecule has 2 aliphatic rings. The van der Waals surface area contributed by atoms with E-state index >= 15 is 0 Å².